The Bertz CT molecular complexity index is 1270. The SMILES string of the molecule is CC1CCCCOc2cc(CN3CCCCC3)cc(c2N)NC(=O)Cc2cccc3c(=O)n1[nH]c23. The van der Waals surface area contributed by atoms with Crippen LogP contribution in [0.15, 0.2) is 35.1 Å². The van der Waals surface area contributed by atoms with E-state index in [4.69, 9.17) is 10.5 Å². The van der Waals surface area contributed by atoms with E-state index in [1.165, 1.54) is 19.3 Å². The molecule has 4 bridgehead atoms. The number of nitrogen functional groups attached to an aromatic ring is 1. The molecular formula is C27H35N5O3. The van der Waals surface area contributed by atoms with Crippen molar-refractivity contribution in [2.75, 3.05) is 30.7 Å². The van der Waals surface area contributed by atoms with E-state index in [-0.39, 0.29) is 23.9 Å². The lowest BCUT2D eigenvalue weighted by atomic mass is 10.1. The number of para-hydroxylation sites is 1. The molecule has 1 aromatic heterocycles. The predicted molar refractivity (Wildman–Crippen MR) is 139 cm³/mol. The molecule has 35 heavy (non-hydrogen) atoms. The second-order valence-electron chi connectivity index (χ2n) is 9.94. The number of hydrogen-bond donors (Lipinski definition) is 3. The van der Waals surface area contributed by atoms with Gasteiger partial charge < -0.3 is 15.8 Å². The van der Waals surface area contributed by atoms with E-state index < -0.39 is 0 Å². The average molecular weight is 478 g/mol. The number of amides is 1. The summed E-state index contributed by atoms with van der Waals surface area (Å²) in [6.45, 7) is 5.56. The summed E-state index contributed by atoms with van der Waals surface area (Å²) < 4.78 is 7.80. The maximum absolute atomic E-state index is 13.1. The monoisotopic (exact) mass is 477 g/mol. The van der Waals surface area contributed by atoms with Gasteiger partial charge in [-0.15, -0.1) is 0 Å². The zero-order valence-electron chi connectivity index (χ0n) is 20.4. The van der Waals surface area contributed by atoms with Crippen molar-refractivity contribution in [2.24, 2.45) is 0 Å². The minimum Gasteiger partial charge on any atom is -0.491 e. The fraction of sp³-hybridized carbons (Fsp3) is 0.481. The number of piperidine rings is 1. The van der Waals surface area contributed by atoms with Crippen LogP contribution in [0, 0.1) is 0 Å². The molecule has 1 fully saturated rings. The van der Waals surface area contributed by atoms with Crippen LogP contribution in [0.25, 0.3) is 10.9 Å². The van der Waals surface area contributed by atoms with Crippen molar-refractivity contribution in [1.29, 1.82) is 0 Å². The lowest BCUT2D eigenvalue weighted by molar-refractivity contribution is -0.115. The van der Waals surface area contributed by atoms with Crippen molar-refractivity contribution >= 4 is 28.2 Å². The molecule has 1 amide bonds. The number of nitrogens with zero attached hydrogens (tertiary/aromatic N) is 2. The molecule has 8 nitrogen and oxygen atoms in total. The van der Waals surface area contributed by atoms with E-state index in [0.29, 0.717) is 29.1 Å². The van der Waals surface area contributed by atoms with Gasteiger partial charge in [0.15, 0.2) is 0 Å². The van der Waals surface area contributed by atoms with Crippen molar-refractivity contribution in [2.45, 2.75) is 64.5 Å². The Hall–Kier alpha value is -3.26. The second-order valence-corrected chi connectivity index (χ2v) is 9.94. The highest BCUT2D eigenvalue weighted by Gasteiger charge is 2.19. The average Bonchev–Trinajstić information content (AvgIpc) is 3.19. The third kappa shape index (κ3) is 5.07. The number of carbonyl (C=O) groups is 1. The van der Waals surface area contributed by atoms with Gasteiger partial charge in [-0.05, 0) is 81.4 Å². The smallest absolute Gasteiger partial charge is 0.274 e. The number of benzene rings is 2. The van der Waals surface area contributed by atoms with Crippen LogP contribution in [-0.4, -0.2) is 40.3 Å². The molecule has 186 valence electrons. The number of anilines is 2. The Labute approximate surface area is 205 Å². The van der Waals surface area contributed by atoms with Gasteiger partial charge in [-0.3, -0.25) is 19.6 Å². The van der Waals surface area contributed by atoms with Crippen LogP contribution in [-0.2, 0) is 17.8 Å². The van der Waals surface area contributed by atoms with Crippen molar-refractivity contribution < 1.29 is 9.53 Å². The first-order valence-electron chi connectivity index (χ1n) is 12.8. The molecule has 2 aliphatic heterocycles. The number of carbonyl (C=O) groups excluding carboxylic acids is 1. The van der Waals surface area contributed by atoms with Crippen molar-refractivity contribution in [1.82, 2.24) is 14.7 Å². The summed E-state index contributed by atoms with van der Waals surface area (Å²) in [6, 6.07) is 9.55. The molecular weight excluding hydrogens is 442 g/mol. The Morgan fingerprint density at radius 2 is 1.91 bits per heavy atom. The van der Waals surface area contributed by atoms with Gasteiger partial charge in [0.25, 0.3) is 5.56 Å². The number of hydrogen-bond acceptors (Lipinski definition) is 5. The maximum Gasteiger partial charge on any atom is 0.274 e. The van der Waals surface area contributed by atoms with Gasteiger partial charge in [0.2, 0.25) is 5.91 Å². The molecule has 3 aromatic rings. The number of rotatable bonds is 2. The van der Waals surface area contributed by atoms with Crippen LogP contribution in [0.4, 0.5) is 11.4 Å². The lowest BCUT2D eigenvalue weighted by Gasteiger charge is -2.27. The summed E-state index contributed by atoms with van der Waals surface area (Å²) >= 11 is 0. The quantitative estimate of drug-likeness (QED) is 0.480. The highest BCUT2D eigenvalue weighted by molar-refractivity contribution is 5.98. The van der Waals surface area contributed by atoms with Gasteiger partial charge in [0, 0.05) is 6.54 Å². The molecule has 3 heterocycles. The largest absolute Gasteiger partial charge is 0.491 e. The third-order valence-electron chi connectivity index (χ3n) is 7.23. The molecule has 2 aromatic carbocycles. The Kier molecular flexibility index (Phi) is 6.81. The molecule has 4 N–H and O–H groups in total. The summed E-state index contributed by atoms with van der Waals surface area (Å²) in [6.07, 6.45) is 6.48. The maximum atomic E-state index is 13.1. The summed E-state index contributed by atoms with van der Waals surface area (Å²) in [4.78, 5) is 28.6. The number of nitrogens with one attached hydrogen (secondary N) is 2. The molecule has 1 atom stereocenters. The van der Waals surface area contributed by atoms with Crippen molar-refractivity contribution in [3.8, 4) is 5.75 Å². The summed E-state index contributed by atoms with van der Waals surface area (Å²) in [7, 11) is 0. The Morgan fingerprint density at radius 1 is 1.09 bits per heavy atom. The standard InChI is InChI=1S/C27H35N5O3/c1-18-8-3-6-13-35-23-15-19(17-31-11-4-2-5-12-31)14-22(25(23)28)29-24(33)16-20-9-7-10-21-26(20)30-32(18)27(21)34/h7,9-10,14-15,18,30H,2-6,8,11-13,16-17,28H2,1H3,(H,29,33). The van der Waals surface area contributed by atoms with E-state index >= 15 is 0 Å². The van der Waals surface area contributed by atoms with Gasteiger partial charge in [0.1, 0.15) is 5.75 Å². The number of aromatic amines is 1. The second kappa shape index (κ2) is 10.2. The molecule has 8 heteroatoms. The molecule has 1 saturated heterocycles. The normalized spacial score (nSPS) is 20.0. The third-order valence-corrected chi connectivity index (χ3v) is 7.23. The van der Waals surface area contributed by atoms with Crippen LogP contribution in [0.1, 0.15) is 62.6 Å². The first-order chi connectivity index (χ1) is 17.0. The van der Waals surface area contributed by atoms with Gasteiger partial charge in [0.05, 0.1) is 41.3 Å². The fourth-order valence-electron chi connectivity index (χ4n) is 5.26. The van der Waals surface area contributed by atoms with Crippen LogP contribution in [0.5, 0.6) is 5.75 Å². The molecule has 0 spiro atoms. The number of aromatic nitrogens is 2. The zero-order valence-corrected chi connectivity index (χ0v) is 20.4. The van der Waals surface area contributed by atoms with Gasteiger partial charge in [-0.1, -0.05) is 18.6 Å². The molecule has 0 saturated carbocycles. The van der Waals surface area contributed by atoms with E-state index in [2.05, 4.69) is 15.3 Å². The first-order valence-corrected chi connectivity index (χ1v) is 12.8. The number of nitrogens with two attached hydrogens (primary N) is 1. The molecule has 0 radical (unpaired) electrons. The molecule has 0 aliphatic carbocycles. The predicted octanol–water partition coefficient (Wildman–Crippen LogP) is 4.20. The van der Waals surface area contributed by atoms with Gasteiger partial charge in [-0.25, -0.2) is 4.68 Å². The number of ether oxygens (including phenoxy) is 1. The molecule has 1 unspecified atom stereocenters. The van der Waals surface area contributed by atoms with Crippen LogP contribution in [0.3, 0.4) is 0 Å². The van der Waals surface area contributed by atoms with Crippen LogP contribution < -0.4 is 21.3 Å². The number of likely N-dealkylation sites (tertiary alicyclic amines) is 1. The highest BCUT2D eigenvalue weighted by atomic mass is 16.5. The first kappa shape index (κ1) is 23.5. The topological polar surface area (TPSA) is 105 Å². The minimum absolute atomic E-state index is 0.0222. The van der Waals surface area contributed by atoms with E-state index in [1.807, 2.05) is 37.3 Å². The summed E-state index contributed by atoms with van der Waals surface area (Å²) in [5, 5.41) is 6.89. The number of fused-ring (bicyclic) bond motifs is 3. The Balaban J connectivity index is 1.48. The summed E-state index contributed by atoms with van der Waals surface area (Å²) in [5.41, 5.74) is 10.1. The van der Waals surface area contributed by atoms with E-state index in [1.54, 1.807) is 4.68 Å². The molecule has 5 rings (SSSR count). The Morgan fingerprint density at radius 3 is 2.74 bits per heavy atom. The lowest BCUT2D eigenvalue weighted by Crippen LogP contribution is -2.29. The minimum atomic E-state index is -0.181. The fourth-order valence-corrected chi connectivity index (χ4v) is 5.26. The van der Waals surface area contributed by atoms with Crippen molar-refractivity contribution in [3.05, 3.63) is 51.8 Å². The molecule has 2 aliphatic rings. The number of H-pyrrole nitrogens is 1. The van der Waals surface area contributed by atoms with Crippen molar-refractivity contribution in [3.63, 3.8) is 0 Å². The van der Waals surface area contributed by atoms with Gasteiger partial charge >= 0.3 is 0 Å². The van der Waals surface area contributed by atoms with Crippen LogP contribution in [0.2, 0.25) is 0 Å². The van der Waals surface area contributed by atoms with E-state index in [9.17, 15) is 9.59 Å². The highest BCUT2D eigenvalue weighted by Crippen LogP contribution is 2.33. The van der Waals surface area contributed by atoms with Gasteiger partial charge in [-0.2, -0.15) is 0 Å². The van der Waals surface area contributed by atoms with Crippen LogP contribution >= 0.6 is 0 Å². The zero-order chi connectivity index (χ0) is 24.4. The van der Waals surface area contributed by atoms with E-state index in [0.717, 1.165) is 55.5 Å². The summed E-state index contributed by atoms with van der Waals surface area (Å²) in [5.74, 6) is 0.444.